The second-order valence-corrected chi connectivity index (χ2v) is 8.45. The van der Waals surface area contributed by atoms with Crippen molar-refractivity contribution in [2.45, 2.75) is 30.8 Å². The summed E-state index contributed by atoms with van der Waals surface area (Å²) in [7, 11) is -4.14. The molecule has 3 rings (SSSR count). The van der Waals surface area contributed by atoms with E-state index in [0.29, 0.717) is 6.42 Å². The molecule has 0 bridgehead atoms. The van der Waals surface area contributed by atoms with Crippen LogP contribution >= 0.6 is 0 Å². The molecule has 0 aliphatic rings. The van der Waals surface area contributed by atoms with E-state index in [1.807, 2.05) is 67.6 Å². The van der Waals surface area contributed by atoms with E-state index in [-0.39, 0.29) is 11.4 Å². The van der Waals surface area contributed by atoms with Crippen LogP contribution in [0.1, 0.15) is 30.5 Å². The Morgan fingerprint density at radius 3 is 2.03 bits per heavy atom. The van der Waals surface area contributed by atoms with Gasteiger partial charge in [0.2, 0.25) is 0 Å². The summed E-state index contributed by atoms with van der Waals surface area (Å²) in [6.45, 7) is 2.02. The Kier molecular flexibility index (Phi) is 6.41. The third-order valence-corrected chi connectivity index (χ3v) is 6.65. The fourth-order valence-electron chi connectivity index (χ4n) is 3.36. The van der Waals surface area contributed by atoms with Gasteiger partial charge in [0.05, 0.1) is 11.0 Å². The van der Waals surface area contributed by atoms with Gasteiger partial charge < -0.3 is 0 Å². The Morgan fingerprint density at radius 2 is 1.45 bits per heavy atom. The second kappa shape index (κ2) is 8.98. The molecule has 0 aromatic heterocycles. The zero-order valence-electron chi connectivity index (χ0n) is 16.0. The minimum absolute atomic E-state index is 0.114. The van der Waals surface area contributed by atoms with Gasteiger partial charge in [-0.1, -0.05) is 79.7 Å². The lowest BCUT2D eigenvalue weighted by molar-refractivity contribution is -0.387. The van der Waals surface area contributed by atoms with Crippen LogP contribution in [0.2, 0.25) is 0 Å². The van der Waals surface area contributed by atoms with E-state index < -0.39 is 26.7 Å². The summed E-state index contributed by atoms with van der Waals surface area (Å²) in [6, 6.07) is 23.6. The van der Waals surface area contributed by atoms with E-state index in [1.54, 1.807) is 0 Å². The van der Waals surface area contributed by atoms with Gasteiger partial charge in [-0.15, -0.1) is 0 Å². The summed E-state index contributed by atoms with van der Waals surface area (Å²) in [4.78, 5) is 10.5. The smallest absolute Gasteiger partial charge is 0.258 e. The van der Waals surface area contributed by atoms with E-state index in [0.717, 1.165) is 11.1 Å². The lowest BCUT2D eigenvalue weighted by Crippen LogP contribution is -2.34. The maximum atomic E-state index is 13.7. The first-order chi connectivity index (χ1) is 13.9. The molecule has 0 aliphatic heterocycles. The van der Waals surface area contributed by atoms with Crippen LogP contribution in [0.25, 0.3) is 0 Å². The second-order valence-electron chi connectivity index (χ2n) is 6.60. The lowest BCUT2D eigenvalue weighted by atomic mass is 10.0. The molecule has 0 saturated carbocycles. The van der Waals surface area contributed by atoms with E-state index in [9.17, 15) is 18.5 Å². The van der Waals surface area contributed by atoms with Gasteiger partial charge in [0.1, 0.15) is 0 Å². The van der Waals surface area contributed by atoms with Crippen molar-refractivity contribution < 1.29 is 13.3 Å². The van der Waals surface area contributed by atoms with Crippen molar-refractivity contribution in [3.8, 4) is 0 Å². The van der Waals surface area contributed by atoms with Crippen molar-refractivity contribution in [1.29, 1.82) is 0 Å². The molecule has 0 aliphatic carbocycles. The van der Waals surface area contributed by atoms with Crippen LogP contribution < -0.4 is 0 Å². The van der Waals surface area contributed by atoms with Gasteiger partial charge >= 0.3 is 0 Å². The Hall–Kier alpha value is -3.03. The number of nitro groups is 1. The number of sulfonamides is 1. The Labute approximate surface area is 170 Å². The number of rotatable bonds is 8. The number of hydrogen-bond donors (Lipinski definition) is 0. The molecule has 0 spiro atoms. The third kappa shape index (κ3) is 4.52. The van der Waals surface area contributed by atoms with Crippen LogP contribution in [0.15, 0.2) is 89.8 Å². The van der Waals surface area contributed by atoms with Crippen LogP contribution in [-0.2, 0) is 16.6 Å². The largest absolute Gasteiger partial charge is 0.289 e. The van der Waals surface area contributed by atoms with Gasteiger partial charge in [0, 0.05) is 12.6 Å². The van der Waals surface area contributed by atoms with Crippen LogP contribution in [-0.4, -0.2) is 17.6 Å². The van der Waals surface area contributed by atoms with Gasteiger partial charge in [-0.2, -0.15) is 4.31 Å². The molecular weight excluding hydrogens is 388 g/mol. The van der Waals surface area contributed by atoms with E-state index >= 15 is 0 Å². The first kappa shape index (κ1) is 20.7. The number of para-hydroxylation sites is 1. The molecule has 6 nitrogen and oxygen atoms in total. The Balaban J connectivity index is 2.15. The van der Waals surface area contributed by atoms with Crippen LogP contribution in [0.4, 0.5) is 5.69 Å². The third-order valence-electron chi connectivity index (χ3n) is 4.75. The summed E-state index contributed by atoms with van der Waals surface area (Å²) < 4.78 is 28.7. The van der Waals surface area contributed by atoms with Gasteiger partial charge in [0.25, 0.3) is 15.7 Å². The summed E-state index contributed by atoms with van der Waals surface area (Å²) in [5.74, 6) is 0. The van der Waals surface area contributed by atoms with Crippen molar-refractivity contribution in [2.75, 3.05) is 0 Å². The Bertz CT molecular complexity index is 1070. The maximum Gasteiger partial charge on any atom is 0.289 e. The average molecular weight is 410 g/mol. The average Bonchev–Trinajstić information content (AvgIpc) is 2.75. The summed E-state index contributed by atoms with van der Waals surface area (Å²) in [6.07, 6.45) is 0.525. The van der Waals surface area contributed by atoms with E-state index in [2.05, 4.69) is 0 Å². The molecule has 0 saturated heterocycles. The van der Waals surface area contributed by atoms with Crippen molar-refractivity contribution in [1.82, 2.24) is 4.31 Å². The van der Waals surface area contributed by atoms with E-state index in [1.165, 1.54) is 28.6 Å². The summed E-state index contributed by atoms with van der Waals surface area (Å²) in [5.41, 5.74) is 1.23. The fraction of sp³-hybridized carbons (Fsp3) is 0.182. The van der Waals surface area contributed by atoms with Gasteiger partial charge in [-0.05, 0) is 23.6 Å². The lowest BCUT2D eigenvalue weighted by Gasteiger charge is -2.30. The number of benzene rings is 3. The normalized spacial score (nSPS) is 12.6. The Morgan fingerprint density at radius 1 is 0.897 bits per heavy atom. The molecule has 0 unspecified atom stereocenters. The standard InChI is InChI=1S/C22H22N2O4S/c1-2-20(19-13-7-4-8-14-19)23(17-18-11-5-3-6-12-18)29(27,28)22-16-10-9-15-21(22)24(25)26/h3-16,20H,2,17H2,1H3/t20-/m1/s1. The van der Waals surface area contributed by atoms with Crippen LogP contribution in [0.5, 0.6) is 0 Å². The van der Waals surface area contributed by atoms with Gasteiger partial charge in [-0.25, -0.2) is 8.42 Å². The highest BCUT2D eigenvalue weighted by molar-refractivity contribution is 7.89. The highest BCUT2D eigenvalue weighted by Crippen LogP contribution is 2.35. The predicted molar refractivity (Wildman–Crippen MR) is 112 cm³/mol. The first-order valence-electron chi connectivity index (χ1n) is 9.29. The van der Waals surface area contributed by atoms with Crippen LogP contribution in [0, 0.1) is 10.1 Å². The van der Waals surface area contributed by atoms with E-state index in [4.69, 9.17) is 0 Å². The van der Waals surface area contributed by atoms with Crippen molar-refractivity contribution in [2.24, 2.45) is 0 Å². The highest BCUT2D eigenvalue weighted by Gasteiger charge is 2.36. The van der Waals surface area contributed by atoms with Crippen LogP contribution in [0.3, 0.4) is 0 Å². The highest BCUT2D eigenvalue weighted by atomic mass is 32.2. The molecular formula is C22H22N2O4S. The predicted octanol–water partition coefficient (Wildman–Crippen LogP) is 4.94. The number of nitrogens with zero attached hydrogens (tertiary/aromatic N) is 2. The molecule has 1 atom stereocenters. The molecule has 3 aromatic rings. The van der Waals surface area contributed by atoms with Crippen molar-refractivity contribution in [3.63, 3.8) is 0 Å². The zero-order valence-corrected chi connectivity index (χ0v) is 16.8. The van der Waals surface area contributed by atoms with Crippen molar-refractivity contribution >= 4 is 15.7 Å². The summed E-state index contributed by atoms with van der Waals surface area (Å²) >= 11 is 0. The van der Waals surface area contributed by atoms with Gasteiger partial charge in [0.15, 0.2) is 4.90 Å². The van der Waals surface area contributed by atoms with Crippen molar-refractivity contribution in [3.05, 3.63) is 106 Å². The monoisotopic (exact) mass is 410 g/mol. The number of nitro benzene ring substituents is 1. The SMILES string of the molecule is CC[C@H](c1ccccc1)N(Cc1ccccc1)S(=O)(=O)c1ccccc1[N+](=O)[O-]. The summed E-state index contributed by atoms with van der Waals surface area (Å²) in [5, 5.41) is 11.5. The zero-order chi connectivity index (χ0) is 20.9. The molecule has 0 radical (unpaired) electrons. The minimum atomic E-state index is -4.14. The first-order valence-corrected chi connectivity index (χ1v) is 10.7. The topological polar surface area (TPSA) is 80.5 Å². The quantitative estimate of drug-likeness (QED) is 0.389. The number of hydrogen-bond acceptors (Lipinski definition) is 4. The minimum Gasteiger partial charge on any atom is -0.258 e. The molecule has 0 N–H and O–H groups in total. The molecule has 0 heterocycles. The molecule has 7 heteroatoms. The van der Waals surface area contributed by atoms with Gasteiger partial charge in [-0.3, -0.25) is 10.1 Å². The molecule has 29 heavy (non-hydrogen) atoms. The molecule has 0 fully saturated rings. The molecule has 150 valence electrons. The fourth-order valence-corrected chi connectivity index (χ4v) is 5.19. The molecule has 3 aromatic carbocycles. The maximum absolute atomic E-state index is 13.7. The molecule has 0 amide bonds.